The average molecular weight is 244 g/mol. The number of rotatable bonds is 7. The van der Waals surface area contributed by atoms with Gasteiger partial charge in [0.2, 0.25) is 0 Å². The molecule has 0 amide bonds. The van der Waals surface area contributed by atoms with Crippen molar-refractivity contribution in [2.75, 3.05) is 19.8 Å². The van der Waals surface area contributed by atoms with Gasteiger partial charge in [0, 0.05) is 0 Å². The fraction of sp³-hybridized carbons (Fsp3) is 0.500. The summed E-state index contributed by atoms with van der Waals surface area (Å²) in [6.45, 7) is 7.68. The van der Waals surface area contributed by atoms with E-state index in [0.717, 1.165) is 5.30 Å². The third kappa shape index (κ3) is 3.26. The van der Waals surface area contributed by atoms with Crippen molar-refractivity contribution in [3.63, 3.8) is 0 Å². The van der Waals surface area contributed by atoms with Gasteiger partial charge in [-0.2, -0.15) is 0 Å². The van der Waals surface area contributed by atoms with Crippen LogP contribution in [0.5, 0.6) is 0 Å². The average Bonchev–Trinajstić information content (AvgIpc) is 2.31. The molecule has 0 saturated heterocycles. The molecule has 0 aliphatic carbocycles. The Hall–Kier alpha value is -0.470. The van der Waals surface area contributed by atoms with Gasteiger partial charge in [-0.15, -0.1) is 0 Å². The van der Waals surface area contributed by atoms with Crippen molar-refractivity contribution in [2.45, 2.75) is 20.8 Å². The van der Waals surface area contributed by atoms with Gasteiger partial charge in [-0.05, 0) is 0 Å². The van der Waals surface area contributed by atoms with E-state index in [0.29, 0.717) is 19.8 Å². The van der Waals surface area contributed by atoms with Gasteiger partial charge in [-0.3, -0.25) is 0 Å². The summed E-state index contributed by atoms with van der Waals surface area (Å²) in [5.74, 6) is 0. The molecule has 0 spiro atoms. The predicted molar refractivity (Wildman–Crippen MR) is 69.3 cm³/mol. The van der Waals surface area contributed by atoms with Crippen molar-refractivity contribution < 1.29 is 13.6 Å². The van der Waals surface area contributed by atoms with Crippen LogP contribution >= 0.6 is 7.94 Å². The Morgan fingerprint density at radius 3 is 1.62 bits per heavy atom. The Kier molecular flexibility index (Phi) is 5.93. The Bertz CT molecular complexity index is 273. The van der Waals surface area contributed by atoms with Crippen molar-refractivity contribution >= 4 is 13.2 Å². The molecule has 3 nitrogen and oxygen atoms in total. The van der Waals surface area contributed by atoms with Crippen LogP contribution in [0.2, 0.25) is 0 Å². The zero-order chi connectivity index (χ0) is 11.9. The maximum absolute atomic E-state index is 5.79. The first-order valence-corrected chi connectivity index (χ1v) is 7.49. The molecular weight excluding hydrogens is 223 g/mol. The molecule has 0 bridgehead atoms. The third-order valence-electron chi connectivity index (χ3n) is 2.13. The summed E-state index contributed by atoms with van der Waals surface area (Å²) >= 11 is 0. The minimum atomic E-state index is -2.67. The van der Waals surface area contributed by atoms with Crippen LogP contribution in [0.4, 0.5) is 0 Å². The minimum absolute atomic E-state index is 0.598. The molecule has 1 aromatic rings. The summed E-state index contributed by atoms with van der Waals surface area (Å²) in [4.78, 5) is 0. The SMILES string of the molecule is CCO[PH](OCC)(OCC)c1ccccc1. The van der Waals surface area contributed by atoms with E-state index in [4.69, 9.17) is 13.6 Å². The van der Waals surface area contributed by atoms with Crippen LogP contribution in [0.1, 0.15) is 20.8 Å². The summed E-state index contributed by atoms with van der Waals surface area (Å²) in [6.07, 6.45) is 0. The maximum atomic E-state index is 5.79. The molecule has 1 rings (SSSR count). The molecule has 92 valence electrons. The van der Waals surface area contributed by atoms with Crippen LogP contribution < -0.4 is 5.30 Å². The van der Waals surface area contributed by atoms with Crippen molar-refractivity contribution in [3.05, 3.63) is 30.3 Å². The first-order valence-electron chi connectivity index (χ1n) is 5.76. The van der Waals surface area contributed by atoms with Crippen molar-refractivity contribution in [2.24, 2.45) is 0 Å². The molecule has 0 aliphatic heterocycles. The fourth-order valence-corrected chi connectivity index (χ4v) is 4.08. The standard InChI is InChI=1S/C12H21O3P/c1-4-13-16(14-5-2,15-6-3)12-10-8-7-9-11-12/h7-11,16H,4-6H2,1-3H3. The molecular formula is C12H21O3P. The van der Waals surface area contributed by atoms with Crippen LogP contribution in [0.15, 0.2) is 30.3 Å². The Balaban J connectivity index is 2.99. The number of hydrogen-bond acceptors (Lipinski definition) is 3. The van der Waals surface area contributed by atoms with E-state index in [1.165, 1.54) is 0 Å². The van der Waals surface area contributed by atoms with E-state index < -0.39 is 7.94 Å². The zero-order valence-corrected chi connectivity index (χ0v) is 11.2. The van der Waals surface area contributed by atoms with Crippen LogP contribution in [-0.4, -0.2) is 19.8 Å². The molecule has 0 fully saturated rings. The van der Waals surface area contributed by atoms with Crippen molar-refractivity contribution in [3.8, 4) is 0 Å². The Labute approximate surface area is 98.3 Å². The first-order chi connectivity index (χ1) is 7.79. The van der Waals surface area contributed by atoms with Gasteiger partial charge in [0.05, 0.1) is 0 Å². The number of benzene rings is 1. The summed E-state index contributed by atoms with van der Waals surface area (Å²) in [5, 5.41) is 1.03. The van der Waals surface area contributed by atoms with Gasteiger partial charge < -0.3 is 0 Å². The summed E-state index contributed by atoms with van der Waals surface area (Å²) in [6, 6.07) is 9.95. The Morgan fingerprint density at radius 2 is 1.25 bits per heavy atom. The van der Waals surface area contributed by atoms with Crippen LogP contribution in [0, 0.1) is 0 Å². The second-order valence-electron chi connectivity index (χ2n) is 3.22. The zero-order valence-electron chi connectivity index (χ0n) is 10.2. The van der Waals surface area contributed by atoms with Crippen molar-refractivity contribution in [1.82, 2.24) is 0 Å². The van der Waals surface area contributed by atoms with E-state index in [1.54, 1.807) is 0 Å². The van der Waals surface area contributed by atoms with E-state index >= 15 is 0 Å². The molecule has 0 atom stereocenters. The van der Waals surface area contributed by atoms with E-state index in [9.17, 15) is 0 Å². The Morgan fingerprint density at radius 1 is 0.812 bits per heavy atom. The molecule has 1 aromatic carbocycles. The van der Waals surface area contributed by atoms with Gasteiger partial charge >= 0.3 is 97.7 Å². The van der Waals surface area contributed by atoms with Crippen LogP contribution in [-0.2, 0) is 13.6 Å². The fourth-order valence-electron chi connectivity index (χ4n) is 1.59. The van der Waals surface area contributed by atoms with E-state index in [-0.39, 0.29) is 0 Å². The predicted octanol–water partition coefficient (Wildman–Crippen LogP) is 2.92. The normalized spacial score (nSPS) is 12.7. The molecule has 0 saturated carbocycles. The molecule has 4 heteroatoms. The van der Waals surface area contributed by atoms with Crippen LogP contribution in [0.3, 0.4) is 0 Å². The summed E-state index contributed by atoms with van der Waals surface area (Å²) < 4.78 is 17.4. The van der Waals surface area contributed by atoms with Crippen LogP contribution in [0.25, 0.3) is 0 Å². The van der Waals surface area contributed by atoms with Gasteiger partial charge in [-0.25, -0.2) is 0 Å². The van der Waals surface area contributed by atoms with Gasteiger partial charge in [0.15, 0.2) is 0 Å². The topological polar surface area (TPSA) is 27.7 Å². The monoisotopic (exact) mass is 244 g/mol. The quantitative estimate of drug-likeness (QED) is 0.690. The van der Waals surface area contributed by atoms with Gasteiger partial charge in [0.25, 0.3) is 0 Å². The molecule has 0 unspecified atom stereocenters. The van der Waals surface area contributed by atoms with Crippen molar-refractivity contribution in [1.29, 1.82) is 0 Å². The third-order valence-corrected chi connectivity index (χ3v) is 5.18. The summed E-state index contributed by atoms with van der Waals surface area (Å²) in [5.41, 5.74) is 0. The molecule has 0 aromatic heterocycles. The van der Waals surface area contributed by atoms with E-state index in [2.05, 4.69) is 0 Å². The summed E-state index contributed by atoms with van der Waals surface area (Å²) in [7, 11) is -2.67. The molecule has 16 heavy (non-hydrogen) atoms. The molecule has 0 heterocycles. The molecule has 0 radical (unpaired) electrons. The first kappa shape index (κ1) is 13.6. The van der Waals surface area contributed by atoms with Gasteiger partial charge in [0.1, 0.15) is 0 Å². The second-order valence-corrected chi connectivity index (χ2v) is 5.78. The molecule has 0 aliphatic rings. The number of hydrogen-bond donors (Lipinski definition) is 0. The second kappa shape index (κ2) is 6.97. The van der Waals surface area contributed by atoms with Gasteiger partial charge in [-0.1, -0.05) is 0 Å². The van der Waals surface area contributed by atoms with E-state index in [1.807, 2.05) is 51.1 Å². The molecule has 0 N–H and O–H groups in total.